The normalized spacial score (nSPS) is 24.3. The van der Waals surface area contributed by atoms with Gasteiger partial charge in [0.05, 0.1) is 6.04 Å². The van der Waals surface area contributed by atoms with Gasteiger partial charge in [0.1, 0.15) is 54.1 Å². The van der Waals surface area contributed by atoms with E-state index in [-0.39, 0.29) is 72.9 Å². The number of nitrogens with two attached hydrogens (primary N) is 1. The van der Waals surface area contributed by atoms with Crippen LogP contribution in [0.4, 0.5) is 0 Å². The molecule has 0 aromatic heterocycles. The highest BCUT2D eigenvalue weighted by molar-refractivity contribution is 5.99. The molecule has 0 bridgehead atoms. The molecule has 1 aromatic rings. The van der Waals surface area contributed by atoms with Gasteiger partial charge in [-0.2, -0.15) is 0 Å². The summed E-state index contributed by atoms with van der Waals surface area (Å²) in [6.45, 7) is 10.4. The molecule has 0 spiro atoms. The SMILES string of the molecule is CC(C)C[C@H](NC(=O)[C@H](CC(C)C)NC(=O)[C@H](C)NC(=O)[C@@H]1CCCN1C(=O)[C@@H]1CCCN1C(=O)[C@@H]1CCCN1C(=O)[C@@H]1CCCN1C(=O)[C@@H]1CCCN1C(=O)[C@@H](N)Cc1ccc(O)cc1)C(=O)O. The predicted molar refractivity (Wildman–Crippen MR) is 251 cm³/mol. The summed E-state index contributed by atoms with van der Waals surface area (Å²) >= 11 is 0. The highest BCUT2D eigenvalue weighted by atomic mass is 16.4. The number of hydrogen-bond acceptors (Lipinski definition) is 11. The van der Waals surface area contributed by atoms with Gasteiger partial charge >= 0.3 is 5.97 Å². The fraction of sp³-hybridized carbons (Fsp3) is 0.694. The van der Waals surface area contributed by atoms with Crippen molar-refractivity contribution in [2.75, 3.05) is 32.7 Å². The molecule has 0 saturated carbocycles. The number of aliphatic carboxylic acids is 1. The number of phenolic OH excluding ortho intramolecular Hbond substituents is 1. The lowest BCUT2D eigenvalue weighted by molar-refractivity contribution is -0.153. The van der Waals surface area contributed by atoms with Crippen LogP contribution in [0.15, 0.2) is 24.3 Å². The second-order valence-electron chi connectivity index (χ2n) is 20.4. The molecule has 7 N–H and O–H groups in total. The van der Waals surface area contributed by atoms with Crippen LogP contribution in [0.5, 0.6) is 5.75 Å². The topological polar surface area (TPSA) is 272 Å². The third kappa shape index (κ3) is 12.5. The summed E-state index contributed by atoms with van der Waals surface area (Å²) in [5.74, 6) is -4.72. The average molecular weight is 964 g/mol. The second kappa shape index (κ2) is 23.2. The van der Waals surface area contributed by atoms with Gasteiger partial charge in [-0.15, -0.1) is 0 Å². The zero-order chi connectivity index (χ0) is 50.3. The molecule has 69 heavy (non-hydrogen) atoms. The van der Waals surface area contributed by atoms with Gasteiger partial charge in [-0.05, 0) is 120 Å². The van der Waals surface area contributed by atoms with Crippen LogP contribution in [-0.2, 0) is 49.6 Å². The van der Waals surface area contributed by atoms with Crippen molar-refractivity contribution in [3.63, 3.8) is 0 Å². The Bertz CT molecular complexity index is 2080. The molecule has 20 nitrogen and oxygen atoms in total. The zero-order valence-corrected chi connectivity index (χ0v) is 40.8. The van der Waals surface area contributed by atoms with Crippen molar-refractivity contribution >= 4 is 53.2 Å². The number of amides is 8. The molecular formula is C49H73N9O11. The molecule has 1 aromatic carbocycles. The molecule has 5 aliphatic rings. The van der Waals surface area contributed by atoms with Crippen LogP contribution < -0.4 is 21.7 Å². The number of likely N-dealkylation sites (tertiary alicyclic amines) is 5. The predicted octanol–water partition coefficient (Wildman–Crippen LogP) is 0.868. The van der Waals surface area contributed by atoms with Gasteiger partial charge in [-0.3, -0.25) is 38.4 Å². The minimum atomic E-state index is -1.18. The van der Waals surface area contributed by atoms with Crippen molar-refractivity contribution in [3.05, 3.63) is 29.8 Å². The van der Waals surface area contributed by atoms with E-state index in [0.29, 0.717) is 90.4 Å². The second-order valence-corrected chi connectivity index (χ2v) is 20.4. The molecule has 380 valence electrons. The molecule has 8 amide bonds. The summed E-state index contributed by atoms with van der Waals surface area (Å²) < 4.78 is 0. The third-order valence-electron chi connectivity index (χ3n) is 14.2. The standard InChI is InChI=1S/C49H73N9O11/c1-28(2)25-34(42(61)53-35(49(68)69)26-29(3)4)52-41(60)30(5)51-43(62)36-11-6-20-54(36)45(64)38-13-8-22-56(38)47(66)40-15-10-24-58(40)48(67)39-14-9-23-57(39)46(65)37-12-7-21-55(37)44(63)33(50)27-31-16-18-32(59)19-17-31/h16-19,28-30,33-40,59H,6-15,20-27,50H2,1-5H3,(H,51,62)(H,52,60)(H,53,61)(H,68,69)/t30-,33-,34-,35-,36-,37-,38-,39-,40-/m0/s1. The number of carbonyl (C=O) groups excluding carboxylic acids is 8. The van der Waals surface area contributed by atoms with Gasteiger partial charge in [-0.1, -0.05) is 39.8 Å². The van der Waals surface area contributed by atoms with E-state index in [9.17, 15) is 53.4 Å². The van der Waals surface area contributed by atoms with Crippen molar-refractivity contribution in [3.8, 4) is 5.75 Å². The molecule has 5 saturated heterocycles. The monoisotopic (exact) mass is 964 g/mol. The van der Waals surface area contributed by atoms with Crippen molar-refractivity contribution < 1.29 is 53.4 Å². The van der Waals surface area contributed by atoms with Crippen molar-refractivity contribution in [2.24, 2.45) is 17.6 Å². The summed E-state index contributed by atoms with van der Waals surface area (Å²) in [6.07, 6.45) is 5.40. The van der Waals surface area contributed by atoms with E-state index < -0.39 is 78.1 Å². The van der Waals surface area contributed by atoms with Gasteiger partial charge in [0.15, 0.2) is 0 Å². The summed E-state index contributed by atoms with van der Waals surface area (Å²) in [6, 6.07) is -1.96. The highest BCUT2D eigenvalue weighted by Crippen LogP contribution is 2.32. The number of benzene rings is 1. The average Bonchev–Trinajstić information content (AvgIpc) is 4.17. The van der Waals surface area contributed by atoms with E-state index in [1.54, 1.807) is 21.9 Å². The molecule has 20 heteroatoms. The summed E-state index contributed by atoms with van der Waals surface area (Å²) in [5.41, 5.74) is 7.12. The van der Waals surface area contributed by atoms with E-state index >= 15 is 0 Å². The maximum absolute atomic E-state index is 14.5. The Balaban J connectivity index is 1.05. The van der Waals surface area contributed by atoms with Crippen LogP contribution in [0.1, 0.15) is 117 Å². The number of phenols is 1. The lowest BCUT2D eigenvalue weighted by Crippen LogP contribution is -2.59. The van der Waals surface area contributed by atoms with Gasteiger partial charge < -0.3 is 56.4 Å². The first-order valence-electron chi connectivity index (χ1n) is 25.0. The van der Waals surface area contributed by atoms with Crippen molar-refractivity contribution in [1.82, 2.24) is 40.4 Å². The summed E-state index contributed by atoms with van der Waals surface area (Å²) in [7, 11) is 0. The lowest BCUT2D eigenvalue weighted by atomic mass is 10.0. The molecule has 0 unspecified atom stereocenters. The van der Waals surface area contributed by atoms with Crippen LogP contribution in [0.25, 0.3) is 0 Å². The van der Waals surface area contributed by atoms with Crippen LogP contribution in [-0.4, -0.2) is 175 Å². The summed E-state index contributed by atoms with van der Waals surface area (Å²) in [4.78, 5) is 131. The molecule has 5 fully saturated rings. The zero-order valence-electron chi connectivity index (χ0n) is 40.8. The Hall–Kier alpha value is -5.79. The Kier molecular flexibility index (Phi) is 17.7. The van der Waals surface area contributed by atoms with Gasteiger partial charge in [0, 0.05) is 32.7 Å². The lowest BCUT2D eigenvalue weighted by Gasteiger charge is -2.36. The maximum atomic E-state index is 14.5. The number of aromatic hydroxyl groups is 1. The molecule has 6 rings (SSSR count). The Morgan fingerprint density at radius 3 is 1.36 bits per heavy atom. The molecule has 9 atom stereocenters. The first-order valence-corrected chi connectivity index (χ1v) is 25.0. The maximum Gasteiger partial charge on any atom is 0.326 e. The van der Waals surface area contributed by atoms with Crippen LogP contribution >= 0.6 is 0 Å². The van der Waals surface area contributed by atoms with Crippen LogP contribution in [0.2, 0.25) is 0 Å². The first-order chi connectivity index (χ1) is 32.8. The Morgan fingerprint density at radius 2 is 0.928 bits per heavy atom. The number of carboxylic acids is 1. The smallest absolute Gasteiger partial charge is 0.326 e. The van der Waals surface area contributed by atoms with E-state index in [1.807, 2.05) is 27.7 Å². The minimum Gasteiger partial charge on any atom is -0.508 e. The van der Waals surface area contributed by atoms with E-state index in [2.05, 4.69) is 16.0 Å². The Morgan fingerprint density at radius 1 is 0.551 bits per heavy atom. The largest absolute Gasteiger partial charge is 0.508 e. The number of rotatable bonds is 18. The molecule has 0 aliphatic carbocycles. The fourth-order valence-corrected chi connectivity index (χ4v) is 10.7. The first kappa shape index (κ1) is 52.6. The number of hydrogen-bond donors (Lipinski definition) is 6. The Labute approximate surface area is 404 Å². The number of nitrogens with zero attached hydrogens (tertiary/aromatic N) is 5. The summed E-state index contributed by atoms with van der Waals surface area (Å²) in [5, 5.41) is 27.2. The highest BCUT2D eigenvalue weighted by Gasteiger charge is 2.49. The third-order valence-corrected chi connectivity index (χ3v) is 14.2. The number of nitrogens with one attached hydrogen (secondary N) is 3. The van der Waals surface area contributed by atoms with Crippen LogP contribution in [0, 0.1) is 11.8 Å². The van der Waals surface area contributed by atoms with Gasteiger partial charge in [-0.25, -0.2) is 4.79 Å². The minimum absolute atomic E-state index is 0.00657. The van der Waals surface area contributed by atoms with Crippen molar-refractivity contribution in [2.45, 2.75) is 172 Å². The van der Waals surface area contributed by atoms with E-state index in [0.717, 1.165) is 5.56 Å². The van der Waals surface area contributed by atoms with Crippen molar-refractivity contribution in [1.29, 1.82) is 0 Å². The van der Waals surface area contributed by atoms with Gasteiger partial charge in [0.25, 0.3) is 0 Å². The molecule has 5 aliphatic heterocycles. The van der Waals surface area contributed by atoms with Gasteiger partial charge in [0.2, 0.25) is 47.3 Å². The molecular weight excluding hydrogens is 891 g/mol. The molecule has 5 heterocycles. The quantitative estimate of drug-likeness (QED) is 0.120. The van der Waals surface area contributed by atoms with E-state index in [1.165, 1.54) is 33.8 Å². The van der Waals surface area contributed by atoms with E-state index in [4.69, 9.17) is 5.73 Å². The number of carboxylic acid groups (broad SMARTS) is 1. The fourth-order valence-electron chi connectivity index (χ4n) is 10.7. The van der Waals surface area contributed by atoms with Crippen LogP contribution in [0.3, 0.4) is 0 Å². The molecule has 0 radical (unpaired) electrons. The number of carbonyl (C=O) groups is 9.